The number of aromatic nitrogens is 1. The monoisotopic (exact) mass is 544 g/mol. The van der Waals surface area contributed by atoms with Crippen molar-refractivity contribution in [3.05, 3.63) is 116 Å². The summed E-state index contributed by atoms with van der Waals surface area (Å²) in [5.41, 5.74) is 1.90. The zero-order valence-corrected chi connectivity index (χ0v) is 21.8. The summed E-state index contributed by atoms with van der Waals surface area (Å²) >= 11 is 7.49. The van der Waals surface area contributed by atoms with Crippen LogP contribution in [-0.4, -0.2) is 17.5 Å². The zero-order valence-electron chi connectivity index (χ0n) is 20.2. The summed E-state index contributed by atoms with van der Waals surface area (Å²) in [6, 6.07) is 19.3. The molecule has 1 aliphatic rings. The second-order valence-corrected chi connectivity index (χ2v) is 9.93. The fourth-order valence-electron chi connectivity index (χ4n) is 4.61. The first-order valence-electron chi connectivity index (χ1n) is 12.0. The average Bonchev–Trinajstić information content (AvgIpc) is 3.56. The summed E-state index contributed by atoms with van der Waals surface area (Å²) < 4.78 is 18.0. The molecule has 0 fully saturated rings. The molecule has 1 amide bonds. The zero-order chi connectivity index (χ0) is 26.2. The van der Waals surface area contributed by atoms with Crippen molar-refractivity contribution in [2.75, 3.05) is 11.5 Å². The van der Waals surface area contributed by atoms with Crippen LogP contribution in [0.5, 0.6) is 11.5 Å². The Morgan fingerprint density at radius 1 is 1.03 bits per heavy atom. The smallest absolute Gasteiger partial charge is 0.297 e. The molecule has 0 radical (unpaired) electrons. The largest absolute Gasteiger partial charge is 0.490 e. The van der Waals surface area contributed by atoms with E-state index in [9.17, 15) is 9.59 Å². The maximum atomic E-state index is 13.8. The highest BCUT2D eigenvalue weighted by atomic mass is 35.5. The van der Waals surface area contributed by atoms with Gasteiger partial charge in [-0.2, -0.15) is 0 Å². The molecule has 5 aromatic rings. The standard InChI is InChI=1S/C29H21ClN2O5S/c1-2-35-23-14-18(8-10-22(23)36-16-17-6-4-3-5-7-17)25-24-26(33)20-15-19(30)9-11-21(20)37-27(24)28(34)32(25)29-31-12-13-38-29/h3-15,25H,2,16H2,1H3/t25-/m0/s1. The van der Waals surface area contributed by atoms with Crippen molar-refractivity contribution in [3.63, 3.8) is 0 Å². The Kier molecular flexibility index (Phi) is 6.35. The third kappa shape index (κ3) is 4.21. The Hall–Kier alpha value is -4.14. The molecule has 6 rings (SSSR count). The van der Waals surface area contributed by atoms with Crippen LogP contribution in [0.4, 0.5) is 5.13 Å². The van der Waals surface area contributed by atoms with E-state index in [4.69, 9.17) is 25.5 Å². The normalized spacial score (nSPS) is 14.6. The lowest BCUT2D eigenvalue weighted by Gasteiger charge is -2.23. The van der Waals surface area contributed by atoms with E-state index in [1.807, 2.05) is 43.3 Å². The van der Waals surface area contributed by atoms with E-state index >= 15 is 0 Å². The number of anilines is 1. The van der Waals surface area contributed by atoms with Gasteiger partial charge in [0.15, 0.2) is 22.1 Å². The summed E-state index contributed by atoms with van der Waals surface area (Å²) in [5.74, 6) is 0.625. The molecule has 38 heavy (non-hydrogen) atoms. The number of hydrogen-bond acceptors (Lipinski definition) is 7. The highest BCUT2D eigenvalue weighted by Crippen LogP contribution is 2.44. The molecule has 0 saturated carbocycles. The van der Waals surface area contributed by atoms with Crippen molar-refractivity contribution >= 4 is 44.9 Å². The first kappa shape index (κ1) is 24.2. The molecular weight excluding hydrogens is 524 g/mol. The Morgan fingerprint density at radius 2 is 1.87 bits per heavy atom. The van der Waals surface area contributed by atoms with Gasteiger partial charge in [-0.1, -0.05) is 48.0 Å². The third-order valence-corrected chi connectivity index (χ3v) is 7.28. The topological polar surface area (TPSA) is 81.9 Å². The van der Waals surface area contributed by atoms with Gasteiger partial charge < -0.3 is 13.9 Å². The van der Waals surface area contributed by atoms with Crippen LogP contribution in [-0.2, 0) is 6.61 Å². The Balaban J connectivity index is 1.49. The lowest BCUT2D eigenvalue weighted by atomic mass is 9.98. The average molecular weight is 545 g/mol. The number of carbonyl (C=O) groups excluding carboxylic acids is 1. The second-order valence-electron chi connectivity index (χ2n) is 8.62. The van der Waals surface area contributed by atoms with Crippen LogP contribution >= 0.6 is 22.9 Å². The maximum absolute atomic E-state index is 13.8. The molecule has 190 valence electrons. The molecule has 0 aliphatic carbocycles. The predicted octanol–water partition coefficient (Wildman–Crippen LogP) is 6.63. The number of fused-ring (bicyclic) bond motifs is 2. The molecule has 1 atom stereocenters. The van der Waals surface area contributed by atoms with Gasteiger partial charge in [0.25, 0.3) is 5.91 Å². The molecule has 0 N–H and O–H groups in total. The lowest BCUT2D eigenvalue weighted by Crippen LogP contribution is -2.29. The molecule has 2 aromatic heterocycles. The van der Waals surface area contributed by atoms with Crippen LogP contribution in [0.15, 0.2) is 87.5 Å². The third-order valence-electron chi connectivity index (χ3n) is 6.28. The number of halogens is 1. The number of carbonyl (C=O) groups is 1. The fraction of sp³-hybridized carbons (Fsp3) is 0.138. The first-order valence-corrected chi connectivity index (χ1v) is 13.2. The molecule has 3 aromatic carbocycles. The van der Waals surface area contributed by atoms with Gasteiger partial charge in [-0.25, -0.2) is 4.98 Å². The molecule has 9 heteroatoms. The van der Waals surface area contributed by atoms with Crippen LogP contribution in [0.25, 0.3) is 11.0 Å². The van der Waals surface area contributed by atoms with Crippen LogP contribution in [0, 0.1) is 0 Å². The minimum atomic E-state index is -0.773. The first-order chi connectivity index (χ1) is 18.5. The molecule has 0 saturated heterocycles. The van der Waals surface area contributed by atoms with E-state index in [1.165, 1.54) is 16.2 Å². The molecule has 7 nitrogen and oxygen atoms in total. The van der Waals surface area contributed by atoms with Crippen molar-refractivity contribution in [3.8, 4) is 11.5 Å². The van der Waals surface area contributed by atoms with Gasteiger partial charge in [0.1, 0.15) is 12.2 Å². The summed E-state index contributed by atoms with van der Waals surface area (Å²) in [6.07, 6.45) is 1.62. The number of amides is 1. The fourth-order valence-corrected chi connectivity index (χ4v) is 5.45. The van der Waals surface area contributed by atoms with Crippen LogP contribution < -0.4 is 19.8 Å². The van der Waals surface area contributed by atoms with Crippen molar-refractivity contribution < 1.29 is 18.7 Å². The van der Waals surface area contributed by atoms with Gasteiger partial charge in [-0.3, -0.25) is 14.5 Å². The van der Waals surface area contributed by atoms with Crippen LogP contribution in [0.3, 0.4) is 0 Å². The molecule has 0 unspecified atom stereocenters. The minimum absolute atomic E-state index is 0.00705. The second kappa shape index (κ2) is 9.96. The van der Waals surface area contributed by atoms with Gasteiger partial charge in [-0.15, -0.1) is 11.3 Å². The molecule has 0 spiro atoms. The number of hydrogen-bond donors (Lipinski definition) is 0. The van der Waals surface area contributed by atoms with E-state index in [1.54, 1.807) is 41.9 Å². The molecule has 1 aliphatic heterocycles. The van der Waals surface area contributed by atoms with Crippen LogP contribution in [0.1, 0.15) is 40.2 Å². The summed E-state index contributed by atoms with van der Waals surface area (Å²) in [7, 11) is 0. The Morgan fingerprint density at radius 3 is 2.63 bits per heavy atom. The number of thiazole rings is 1. The summed E-state index contributed by atoms with van der Waals surface area (Å²) in [5, 5.41) is 2.94. The summed E-state index contributed by atoms with van der Waals surface area (Å²) in [6.45, 7) is 2.66. The number of rotatable bonds is 7. The van der Waals surface area contributed by atoms with E-state index < -0.39 is 11.9 Å². The Labute approximate surface area is 226 Å². The van der Waals surface area contributed by atoms with Crippen molar-refractivity contribution in [1.82, 2.24) is 4.98 Å². The van der Waals surface area contributed by atoms with Gasteiger partial charge in [0, 0.05) is 16.6 Å². The van der Waals surface area contributed by atoms with E-state index in [0.29, 0.717) is 51.4 Å². The van der Waals surface area contributed by atoms with E-state index in [-0.39, 0.29) is 16.8 Å². The predicted molar refractivity (Wildman–Crippen MR) is 147 cm³/mol. The maximum Gasteiger partial charge on any atom is 0.297 e. The van der Waals surface area contributed by atoms with Crippen molar-refractivity contribution in [2.24, 2.45) is 0 Å². The molecule has 3 heterocycles. The van der Waals surface area contributed by atoms with Gasteiger partial charge in [-0.05, 0) is 48.4 Å². The van der Waals surface area contributed by atoms with E-state index in [0.717, 1.165) is 5.56 Å². The molecule has 0 bridgehead atoms. The van der Waals surface area contributed by atoms with Crippen molar-refractivity contribution in [1.29, 1.82) is 0 Å². The highest BCUT2D eigenvalue weighted by Gasteiger charge is 2.45. The van der Waals surface area contributed by atoms with E-state index in [2.05, 4.69) is 4.98 Å². The SMILES string of the molecule is CCOc1cc([C@H]2c3c(oc4ccc(Cl)cc4c3=O)C(=O)N2c2nccs2)ccc1OCc1ccccc1. The number of ether oxygens (including phenoxy) is 2. The lowest BCUT2D eigenvalue weighted by molar-refractivity contribution is 0.0971. The number of benzene rings is 3. The van der Waals surface area contributed by atoms with Gasteiger partial charge >= 0.3 is 0 Å². The van der Waals surface area contributed by atoms with Crippen LogP contribution in [0.2, 0.25) is 5.02 Å². The minimum Gasteiger partial charge on any atom is -0.490 e. The Bertz CT molecular complexity index is 1700. The highest BCUT2D eigenvalue weighted by molar-refractivity contribution is 7.13. The number of nitrogens with zero attached hydrogens (tertiary/aromatic N) is 2. The summed E-state index contributed by atoms with van der Waals surface area (Å²) in [4.78, 5) is 33.3. The van der Waals surface area contributed by atoms with Crippen molar-refractivity contribution in [2.45, 2.75) is 19.6 Å². The molecular formula is C29H21ClN2O5S. The quantitative estimate of drug-likeness (QED) is 0.229. The van der Waals surface area contributed by atoms with Gasteiger partial charge in [0.2, 0.25) is 5.76 Å². The van der Waals surface area contributed by atoms with Gasteiger partial charge in [0.05, 0.1) is 23.6 Å².